The van der Waals surface area contributed by atoms with E-state index in [2.05, 4.69) is 17.0 Å². The molecule has 1 aromatic heterocycles. The van der Waals surface area contributed by atoms with Gasteiger partial charge in [0.05, 0.1) is 54.0 Å². The summed E-state index contributed by atoms with van der Waals surface area (Å²) < 4.78 is 35.7. The molecule has 4 heterocycles. The zero-order valence-electron chi connectivity index (χ0n) is 22.1. The molecule has 1 spiro atoms. The SMILES string of the molecule is Cc1cccc2c1-c1c(c(C(=O)N3CCOC4(CC4)C3)nn1-c1ccc(CN3CCOCC3)cc1)CS2(O)O. The summed E-state index contributed by atoms with van der Waals surface area (Å²) in [6.45, 7) is 7.75. The smallest absolute Gasteiger partial charge is 0.274 e. The Bertz CT molecular complexity index is 1430. The van der Waals surface area contributed by atoms with E-state index in [-0.39, 0.29) is 17.3 Å². The molecule has 39 heavy (non-hydrogen) atoms. The van der Waals surface area contributed by atoms with Gasteiger partial charge in [-0.15, -0.1) is 0 Å². The molecule has 3 aromatic rings. The third-order valence-electron chi connectivity index (χ3n) is 8.39. The fourth-order valence-corrected chi connectivity index (χ4v) is 7.78. The minimum Gasteiger partial charge on any atom is -0.379 e. The van der Waals surface area contributed by atoms with Gasteiger partial charge in [0.25, 0.3) is 5.91 Å². The maximum Gasteiger partial charge on any atom is 0.274 e. The standard InChI is InChI=1S/C29H34N4O5S/c1-20-3-2-4-24-25(20)27-23(18-39(24,35)36)26(28(34)32-13-16-38-29(19-32)9-10-29)30-33(27)22-7-5-21(6-8-22)17-31-11-14-37-15-12-31/h2-8,35-36H,9-19H2,1H3. The van der Waals surface area contributed by atoms with Gasteiger partial charge in [-0.05, 0) is 49.1 Å². The number of morpholine rings is 2. The lowest BCUT2D eigenvalue weighted by molar-refractivity contribution is -0.0378. The van der Waals surface area contributed by atoms with E-state index < -0.39 is 10.6 Å². The van der Waals surface area contributed by atoms with Crippen LogP contribution in [0.4, 0.5) is 0 Å². The van der Waals surface area contributed by atoms with Gasteiger partial charge >= 0.3 is 0 Å². The predicted molar refractivity (Wildman–Crippen MR) is 148 cm³/mol. The van der Waals surface area contributed by atoms with Gasteiger partial charge in [-0.1, -0.05) is 24.3 Å². The van der Waals surface area contributed by atoms with E-state index in [1.54, 1.807) is 6.07 Å². The van der Waals surface area contributed by atoms with Crippen LogP contribution in [0.15, 0.2) is 47.4 Å². The number of aryl methyl sites for hydroxylation is 1. The molecule has 4 aliphatic rings. The van der Waals surface area contributed by atoms with Crippen LogP contribution >= 0.6 is 10.6 Å². The fraction of sp³-hybridized carbons (Fsp3) is 0.448. The molecule has 3 aliphatic heterocycles. The number of amides is 1. The van der Waals surface area contributed by atoms with Crippen molar-refractivity contribution in [3.63, 3.8) is 0 Å². The Morgan fingerprint density at radius 3 is 2.56 bits per heavy atom. The molecule has 206 valence electrons. The van der Waals surface area contributed by atoms with E-state index in [0.29, 0.717) is 35.8 Å². The van der Waals surface area contributed by atoms with Crippen molar-refractivity contribution in [1.29, 1.82) is 0 Å². The van der Waals surface area contributed by atoms with Gasteiger partial charge in [0.1, 0.15) is 0 Å². The maximum absolute atomic E-state index is 13.9. The monoisotopic (exact) mass is 550 g/mol. The van der Waals surface area contributed by atoms with E-state index in [9.17, 15) is 13.9 Å². The summed E-state index contributed by atoms with van der Waals surface area (Å²) in [5.41, 5.74) is 5.18. The van der Waals surface area contributed by atoms with E-state index >= 15 is 0 Å². The zero-order chi connectivity index (χ0) is 26.8. The number of carbonyl (C=O) groups excluding carboxylic acids is 1. The van der Waals surface area contributed by atoms with Crippen LogP contribution in [0, 0.1) is 6.92 Å². The average molecular weight is 551 g/mol. The van der Waals surface area contributed by atoms with Gasteiger partial charge in [0.2, 0.25) is 0 Å². The molecule has 1 aliphatic carbocycles. The van der Waals surface area contributed by atoms with E-state index in [0.717, 1.165) is 68.2 Å². The number of hydrogen-bond acceptors (Lipinski definition) is 7. The van der Waals surface area contributed by atoms with Gasteiger partial charge in [0.15, 0.2) is 5.69 Å². The summed E-state index contributed by atoms with van der Waals surface area (Å²) in [6, 6.07) is 13.9. The van der Waals surface area contributed by atoms with E-state index in [4.69, 9.17) is 14.6 Å². The van der Waals surface area contributed by atoms with E-state index in [1.165, 1.54) is 5.56 Å². The van der Waals surface area contributed by atoms with Gasteiger partial charge < -0.3 is 14.4 Å². The Morgan fingerprint density at radius 2 is 1.82 bits per heavy atom. The highest BCUT2D eigenvalue weighted by Crippen LogP contribution is 2.60. The van der Waals surface area contributed by atoms with Gasteiger partial charge in [-0.3, -0.25) is 18.8 Å². The van der Waals surface area contributed by atoms with Crippen molar-refractivity contribution in [2.24, 2.45) is 0 Å². The molecule has 2 saturated heterocycles. The number of fused-ring (bicyclic) bond motifs is 3. The van der Waals surface area contributed by atoms with Crippen molar-refractivity contribution in [3.05, 3.63) is 64.8 Å². The Balaban J connectivity index is 1.31. The number of hydrogen-bond donors (Lipinski definition) is 2. The van der Waals surface area contributed by atoms with Crippen molar-refractivity contribution >= 4 is 16.5 Å². The summed E-state index contributed by atoms with van der Waals surface area (Å²) >= 11 is 0. The Labute approximate surface area is 229 Å². The van der Waals surface area contributed by atoms with Crippen LogP contribution < -0.4 is 0 Å². The number of aromatic nitrogens is 2. The molecule has 0 unspecified atom stereocenters. The maximum atomic E-state index is 13.9. The molecule has 1 amide bonds. The molecular weight excluding hydrogens is 516 g/mol. The highest BCUT2D eigenvalue weighted by molar-refractivity contribution is 8.23. The lowest BCUT2D eigenvalue weighted by Gasteiger charge is -2.39. The first-order valence-corrected chi connectivity index (χ1v) is 15.4. The van der Waals surface area contributed by atoms with Crippen molar-refractivity contribution in [2.45, 2.75) is 42.6 Å². The van der Waals surface area contributed by atoms with Crippen molar-refractivity contribution in [1.82, 2.24) is 19.6 Å². The Morgan fingerprint density at radius 1 is 1.05 bits per heavy atom. The number of nitrogens with zero attached hydrogens (tertiary/aromatic N) is 4. The summed E-state index contributed by atoms with van der Waals surface area (Å²) in [5, 5.41) is 4.91. The van der Waals surface area contributed by atoms with Crippen LogP contribution in [0.5, 0.6) is 0 Å². The second-order valence-electron chi connectivity index (χ2n) is 11.2. The molecular formula is C29H34N4O5S. The molecule has 7 rings (SSSR count). The molecule has 0 atom stereocenters. The second kappa shape index (κ2) is 9.43. The predicted octanol–water partition coefficient (Wildman–Crippen LogP) is 4.31. The lowest BCUT2D eigenvalue weighted by atomic mass is 10.00. The van der Waals surface area contributed by atoms with Gasteiger partial charge in [-0.2, -0.15) is 15.7 Å². The molecule has 10 heteroatoms. The van der Waals surface area contributed by atoms with Crippen LogP contribution in [0.2, 0.25) is 0 Å². The van der Waals surface area contributed by atoms with Crippen molar-refractivity contribution in [3.8, 4) is 16.9 Å². The largest absolute Gasteiger partial charge is 0.379 e. The van der Waals surface area contributed by atoms with Gasteiger partial charge in [0, 0.05) is 37.3 Å². The normalized spacial score (nSPS) is 22.3. The van der Waals surface area contributed by atoms with Crippen LogP contribution in [0.25, 0.3) is 16.9 Å². The van der Waals surface area contributed by atoms with Crippen LogP contribution in [-0.2, 0) is 21.8 Å². The average Bonchev–Trinajstić information content (AvgIpc) is 3.57. The number of ether oxygens (including phenoxy) is 2. The fourth-order valence-electron chi connectivity index (χ4n) is 6.07. The minimum atomic E-state index is -3.13. The Kier molecular flexibility index (Phi) is 6.11. The highest BCUT2D eigenvalue weighted by Gasteiger charge is 2.49. The van der Waals surface area contributed by atoms with Crippen molar-refractivity contribution in [2.75, 3.05) is 46.0 Å². The van der Waals surface area contributed by atoms with Crippen LogP contribution in [0.1, 0.15) is 40.0 Å². The first-order chi connectivity index (χ1) is 18.8. The molecule has 9 nitrogen and oxygen atoms in total. The molecule has 2 aromatic carbocycles. The van der Waals surface area contributed by atoms with Gasteiger partial charge in [-0.25, -0.2) is 4.68 Å². The molecule has 1 saturated carbocycles. The summed E-state index contributed by atoms with van der Waals surface area (Å²) in [7, 11) is -3.13. The number of benzene rings is 2. The van der Waals surface area contributed by atoms with Crippen LogP contribution in [-0.4, -0.2) is 86.2 Å². The summed E-state index contributed by atoms with van der Waals surface area (Å²) in [4.78, 5) is 18.7. The molecule has 2 N–H and O–H groups in total. The summed E-state index contributed by atoms with van der Waals surface area (Å²) in [5.74, 6) is -0.194. The third kappa shape index (κ3) is 4.49. The zero-order valence-corrected chi connectivity index (χ0v) is 23.0. The lowest BCUT2D eigenvalue weighted by Crippen LogP contribution is -2.47. The number of carbonyl (C=O) groups is 1. The number of rotatable bonds is 4. The van der Waals surface area contributed by atoms with Crippen LogP contribution in [0.3, 0.4) is 0 Å². The highest BCUT2D eigenvalue weighted by atomic mass is 32.3. The van der Waals surface area contributed by atoms with E-state index in [1.807, 2.05) is 40.8 Å². The van der Waals surface area contributed by atoms with Crippen molar-refractivity contribution < 1.29 is 23.4 Å². The summed E-state index contributed by atoms with van der Waals surface area (Å²) in [6.07, 6.45) is 1.93. The molecule has 0 bridgehead atoms. The minimum absolute atomic E-state index is 0.0234. The first-order valence-electron chi connectivity index (χ1n) is 13.6. The third-order valence-corrected chi connectivity index (χ3v) is 10.1. The Hall–Kier alpha value is -2.73. The first kappa shape index (κ1) is 25.3. The quantitative estimate of drug-likeness (QED) is 0.499. The topological polar surface area (TPSA) is 100 Å². The molecule has 3 fully saturated rings. The molecule has 0 radical (unpaired) electrons. The second-order valence-corrected chi connectivity index (χ2v) is 13.2.